The second-order valence-corrected chi connectivity index (χ2v) is 8.18. The van der Waals surface area contributed by atoms with E-state index < -0.39 is 5.25 Å². The standard InChI is InChI=1S/C24H23N3OS/c1-15-10-11-16(2)21(12-15)27-23(28)22(19-8-6-5-7-9-19)29-24-20(14-25)17(3)13-18(4)26-24/h5-13,22H,1-4H3,(H,27,28). The Hall–Kier alpha value is -3.10. The molecule has 1 amide bonds. The van der Waals surface area contributed by atoms with Gasteiger partial charge in [0.15, 0.2) is 0 Å². The average molecular weight is 402 g/mol. The summed E-state index contributed by atoms with van der Waals surface area (Å²) in [7, 11) is 0. The average Bonchev–Trinajstić information content (AvgIpc) is 2.69. The maximum Gasteiger partial charge on any atom is 0.242 e. The van der Waals surface area contributed by atoms with Crippen molar-refractivity contribution >= 4 is 23.4 Å². The minimum Gasteiger partial charge on any atom is -0.325 e. The van der Waals surface area contributed by atoms with Crippen LogP contribution in [-0.2, 0) is 4.79 Å². The van der Waals surface area contributed by atoms with Gasteiger partial charge in [-0.2, -0.15) is 5.26 Å². The minimum absolute atomic E-state index is 0.139. The van der Waals surface area contributed by atoms with Crippen molar-refractivity contribution in [3.63, 3.8) is 0 Å². The zero-order valence-corrected chi connectivity index (χ0v) is 17.8. The predicted molar refractivity (Wildman–Crippen MR) is 118 cm³/mol. The Labute approximate surface area is 176 Å². The molecule has 0 spiro atoms. The second kappa shape index (κ2) is 8.93. The number of anilines is 1. The van der Waals surface area contributed by atoms with Crippen molar-refractivity contribution < 1.29 is 4.79 Å². The molecule has 146 valence electrons. The van der Waals surface area contributed by atoms with Gasteiger partial charge in [0, 0.05) is 11.4 Å². The third kappa shape index (κ3) is 4.85. The zero-order chi connectivity index (χ0) is 21.0. The molecule has 0 bridgehead atoms. The van der Waals surface area contributed by atoms with Crippen molar-refractivity contribution in [2.75, 3.05) is 5.32 Å². The van der Waals surface area contributed by atoms with Crippen LogP contribution >= 0.6 is 11.8 Å². The number of benzene rings is 2. The fraction of sp³-hybridized carbons (Fsp3) is 0.208. The van der Waals surface area contributed by atoms with Crippen molar-refractivity contribution in [2.45, 2.75) is 38.0 Å². The van der Waals surface area contributed by atoms with Crippen molar-refractivity contribution in [2.24, 2.45) is 0 Å². The number of nitriles is 1. The first-order valence-electron chi connectivity index (χ1n) is 9.37. The van der Waals surface area contributed by atoms with Crippen molar-refractivity contribution in [3.8, 4) is 6.07 Å². The maximum absolute atomic E-state index is 13.3. The number of carbonyl (C=O) groups is 1. The summed E-state index contributed by atoms with van der Waals surface area (Å²) >= 11 is 1.31. The smallest absolute Gasteiger partial charge is 0.242 e. The number of nitrogens with zero attached hydrogens (tertiary/aromatic N) is 2. The first-order valence-corrected chi connectivity index (χ1v) is 10.2. The number of carbonyl (C=O) groups excluding carboxylic acids is 1. The molecule has 3 aromatic rings. The van der Waals surface area contributed by atoms with E-state index in [-0.39, 0.29) is 5.91 Å². The van der Waals surface area contributed by atoms with Crippen LogP contribution in [0.4, 0.5) is 5.69 Å². The Kier molecular flexibility index (Phi) is 6.36. The highest BCUT2D eigenvalue weighted by atomic mass is 32.2. The Bertz CT molecular complexity index is 1090. The molecule has 0 fully saturated rings. The molecule has 3 rings (SSSR count). The zero-order valence-electron chi connectivity index (χ0n) is 17.0. The Morgan fingerprint density at radius 3 is 2.45 bits per heavy atom. The van der Waals surface area contributed by atoms with Gasteiger partial charge in [-0.05, 0) is 62.1 Å². The molecule has 2 aromatic carbocycles. The summed E-state index contributed by atoms with van der Waals surface area (Å²) < 4.78 is 0. The van der Waals surface area contributed by atoms with Gasteiger partial charge >= 0.3 is 0 Å². The van der Waals surface area contributed by atoms with Gasteiger partial charge in [-0.3, -0.25) is 4.79 Å². The van der Waals surface area contributed by atoms with Crippen LogP contribution in [0.3, 0.4) is 0 Å². The number of thioether (sulfide) groups is 1. The second-order valence-electron chi connectivity index (χ2n) is 7.09. The van der Waals surface area contributed by atoms with Crippen LogP contribution in [0, 0.1) is 39.0 Å². The number of pyridine rings is 1. The largest absolute Gasteiger partial charge is 0.325 e. The summed E-state index contributed by atoms with van der Waals surface area (Å²) in [6.45, 7) is 7.76. The van der Waals surface area contributed by atoms with E-state index in [0.717, 1.165) is 33.6 Å². The molecule has 0 saturated carbocycles. The molecule has 1 heterocycles. The van der Waals surface area contributed by atoms with E-state index in [4.69, 9.17) is 0 Å². The van der Waals surface area contributed by atoms with E-state index in [1.807, 2.05) is 82.3 Å². The van der Waals surface area contributed by atoms with E-state index >= 15 is 0 Å². The van der Waals surface area contributed by atoms with Crippen LogP contribution in [-0.4, -0.2) is 10.9 Å². The third-order valence-corrected chi connectivity index (χ3v) is 5.88. The Morgan fingerprint density at radius 1 is 1.03 bits per heavy atom. The lowest BCUT2D eigenvalue weighted by Gasteiger charge is -2.19. The number of hydrogen-bond acceptors (Lipinski definition) is 4. The van der Waals surface area contributed by atoms with Gasteiger partial charge in [0.1, 0.15) is 16.3 Å². The van der Waals surface area contributed by atoms with E-state index in [0.29, 0.717) is 10.6 Å². The third-order valence-electron chi connectivity index (χ3n) is 4.64. The number of hydrogen-bond donors (Lipinski definition) is 1. The molecule has 29 heavy (non-hydrogen) atoms. The highest BCUT2D eigenvalue weighted by Gasteiger charge is 2.25. The predicted octanol–water partition coefficient (Wildman–Crippen LogP) is 5.66. The number of amides is 1. The van der Waals surface area contributed by atoms with Gasteiger partial charge in [-0.25, -0.2) is 4.98 Å². The molecule has 0 radical (unpaired) electrons. The molecule has 1 aromatic heterocycles. The summed E-state index contributed by atoms with van der Waals surface area (Å²) in [6, 6.07) is 19.7. The summed E-state index contributed by atoms with van der Waals surface area (Å²) in [5.41, 5.74) is 5.95. The molecule has 1 atom stereocenters. The maximum atomic E-state index is 13.3. The Morgan fingerprint density at radius 2 is 1.76 bits per heavy atom. The van der Waals surface area contributed by atoms with Crippen LogP contribution in [0.15, 0.2) is 59.6 Å². The van der Waals surface area contributed by atoms with Crippen LogP contribution in [0.1, 0.15) is 38.8 Å². The van der Waals surface area contributed by atoms with Crippen LogP contribution < -0.4 is 5.32 Å². The number of rotatable bonds is 5. The first kappa shape index (κ1) is 20.6. The summed E-state index contributed by atoms with van der Waals surface area (Å²) in [5.74, 6) is -0.139. The molecule has 0 saturated heterocycles. The fourth-order valence-electron chi connectivity index (χ4n) is 3.10. The lowest BCUT2D eigenvalue weighted by Crippen LogP contribution is -2.20. The molecular formula is C24H23N3OS. The normalized spacial score (nSPS) is 11.6. The monoisotopic (exact) mass is 401 g/mol. The van der Waals surface area contributed by atoms with Crippen molar-refractivity contribution in [1.82, 2.24) is 4.98 Å². The first-order chi connectivity index (χ1) is 13.9. The van der Waals surface area contributed by atoms with Crippen molar-refractivity contribution in [1.29, 1.82) is 5.26 Å². The quantitative estimate of drug-likeness (QED) is 0.560. The highest BCUT2D eigenvalue weighted by molar-refractivity contribution is 8.00. The van der Waals surface area contributed by atoms with Gasteiger partial charge in [0.25, 0.3) is 0 Å². The van der Waals surface area contributed by atoms with E-state index in [1.54, 1.807) is 0 Å². The lowest BCUT2D eigenvalue weighted by atomic mass is 10.1. The van der Waals surface area contributed by atoms with Gasteiger partial charge in [0.2, 0.25) is 5.91 Å². The fourth-order valence-corrected chi connectivity index (χ4v) is 4.31. The van der Waals surface area contributed by atoms with Crippen LogP contribution in [0.25, 0.3) is 0 Å². The number of nitrogens with one attached hydrogen (secondary N) is 1. The van der Waals surface area contributed by atoms with Gasteiger partial charge in [0.05, 0.1) is 5.56 Å². The Balaban J connectivity index is 2.00. The van der Waals surface area contributed by atoms with Gasteiger partial charge < -0.3 is 5.32 Å². The van der Waals surface area contributed by atoms with Crippen LogP contribution in [0.2, 0.25) is 0 Å². The van der Waals surface area contributed by atoms with Gasteiger partial charge in [-0.1, -0.05) is 54.2 Å². The molecule has 0 aliphatic heterocycles. The SMILES string of the molecule is Cc1ccc(C)c(NC(=O)C(Sc2nc(C)cc(C)c2C#N)c2ccccc2)c1. The molecule has 0 aliphatic rings. The summed E-state index contributed by atoms with van der Waals surface area (Å²) in [5, 5.41) is 12.7. The molecular weight excluding hydrogens is 378 g/mol. The molecule has 1 unspecified atom stereocenters. The van der Waals surface area contributed by atoms with Crippen molar-refractivity contribution in [3.05, 3.63) is 88.1 Å². The summed E-state index contributed by atoms with van der Waals surface area (Å²) in [6.07, 6.45) is 0. The highest BCUT2D eigenvalue weighted by Crippen LogP contribution is 2.38. The minimum atomic E-state index is -0.531. The number of aryl methyl sites for hydroxylation is 4. The summed E-state index contributed by atoms with van der Waals surface area (Å²) in [4.78, 5) is 17.9. The van der Waals surface area contributed by atoms with E-state index in [2.05, 4.69) is 16.4 Å². The van der Waals surface area contributed by atoms with E-state index in [9.17, 15) is 10.1 Å². The topological polar surface area (TPSA) is 65.8 Å². The molecule has 5 heteroatoms. The molecule has 4 nitrogen and oxygen atoms in total. The molecule has 1 N–H and O–H groups in total. The number of aromatic nitrogens is 1. The van der Waals surface area contributed by atoms with E-state index in [1.165, 1.54) is 11.8 Å². The van der Waals surface area contributed by atoms with Gasteiger partial charge in [-0.15, -0.1) is 0 Å². The van der Waals surface area contributed by atoms with Crippen LogP contribution in [0.5, 0.6) is 0 Å². The molecule has 0 aliphatic carbocycles. The lowest BCUT2D eigenvalue weighted by molar-refractivity contribution is -0.115.